The maximum absolute atomic E-state index is 3.72. The van der Waals surface area contributed by atoms with Crippen LogP contribution in [-0.2, 0) is 0 Å². The first-order valence-electron chi connectivity index (χ1n) is 6.97. The summed E-state index contributed by atoms with van der Waals surface area (Å²) in [4.78, 5) is 2.61. The molecule has 2 nitrogen and oxygen atoms in total. The highest BCUT2D eigenvalue weighted by Crippen LogP contribution is 2.34. The van der Waals surface area contributed by atoms with Crippen molar-refractivity contribution in [1.82, 2.24) is 10.2 Å². The lowest BCUT2D eigenvalue weighted by atomic mass is 9.95. The lowest BCUT2D eigenvalue weighted by molar-refractivity contribution is 0.153. The zero-order valence-corrected chi connectivity index (χ0v) is 14.8. The highest BCUT2D eigenvalue weighted by molar-refractivity contribution is 9.11. The van der Waals surface area contributed by atoms with Crippen LogP contribution in [0.25, 0.3) is 0 Å². The Labute approximate surface area is 133 Å². The Morgan fingerprint density at radius 2 is 1.89 bits per heavy atom. The molecule has 0 bridgehead atoms. The van der Waals surface area contributed by atoms with Gasteiger partial charge in [-0.25, -0.2) is 0 Å². The van der Waals surface area contributed by atoms with Crippen molar-refractivity contribution in [3.05, 3.63) is 32.7 Å². The van der Waals surface area contributed by atoms with E-state index in [4.69, 9.17) is 0 Å². The van der Waals surface area contributed by atoms with Gasteiger partial charge in [0.25, 0.3) is 0 Å². The topological polar surface area (TPSA) is 15.3 Å². The van der Waals surface area contributed by atoms with Crippen LogP contribution in [0.15, 0.2) is 27.1 Å². The second kappa shape index (κ2) is 7.21. The molecule has 0 unspecified atom stereocenters. The van der Waals surface area contributed by atoms with E-state index < -0.39 is 0 Å². The number of piperazine rings is 1. The van der Waals surface area contributed by atoms with Crippen molar-refractivity contribution in [2.24, 2.45) is 5.92 Å². The summed E-state index contributed by atoms with van der Waals surface area (Å²) >= 11 is 7.33. The number of nitrogens with one attached hydrogen (secondary N) is 1. The summed E-state index contributed by atoms with van der Waals surface area (Å²) < 4.78 is 2.38. The van der Waals surface area contributed by atoms with Gasteiger partial charge in [0.2, 0.25) is 0 Å². The summed E-state index contributed by atoms with van der Waals surface area (Å²) in [6.07, 6.45) is 1.20. The quantitative estimate of drug-likeness (QED) is 0.829. The molecule has 0 amide bonds. The second-order valence-corrected chi connectivity index (χ2v) is 7.37. The third-order valence-corrected chi connectivity index (χ3v) is 4.82. The Kier molecular flexibility index (Phi) is 5.87. The van der Waals surface area contributed by atoms with E-state index in [1.54, 1.807) is 0 Å². The average Bonchev–Trinajstić information content (AvgIpc) is 2.40. The van der Waals surface area contributed by atoms with E-state index in [2.05, 4.69) is 74.1 Å². The van der Waals surface area contributed by atoms with Gasteiger partial charge in [-0.1, -0.05) is 45.7 Å². The van der Waals surface area contributed by atoms with E-state index in [1.807, 2.05) is 0 Å². The Bertz CT molecular complexity index is 415. The molecule has 1 fully saturated rings. The van der Waals surface area contributed by atoms with Gasteiger partial charge in [-0.15, -0.1) is 0 Å². The average molecular weight is 390 g/mol. The third kappa shape index (κ3) is 4.28. The lowest BCUT2D eigenvalue weighted by Crippen LogP contribution is -2.45. The molecule has 2 rings (SSSR count). The molecule has 0 spiro atoms. The minimum Gasteiger partial charge on any atom is -0.314 e. The second-order valence-electron chi connectivity index (χ2n) is 5.60. The SMILES string of the molecule is CC(C)C[C@@H](c1cc(Br)ccc1Br)N1CCNCC1. The van der Waals surface area contributed by atoms with Gasteiger partial charge >= 0.3 is 0 Å². The largest absolute Gasteiger partial charge is 0.314 e. The van der Waals surface area contributed by atoms with Crippen LogP contribution in [0.2, 0.25) is 0 Å². The molecule has 1 N–H and O–H groups in total. The zero-order chi connectivity index (χ0) is 13.8. The molecule has 106 valence electrons. The monoisotopic (exact) mass is 388 g/mol. The van der Waals surface area contributed by atoms with Crippen LogP contribution in [0.5, 0.6) is 0 Å². The van der Waals surface area contributed by atoms with Crippen molar-refractivity contribution in [2.45, 2.75) is 26.3 Å². The maximum atomic E-state index is 3.72. The van der Waals surface area contributed by atoms with Crippen LogP contribution in [0, 0.1) is 5.92 Å². The van der Waals surface area contributed by atoms with Gasteiger partial charge in [-0.3, -0.25) is 4.90 Å². The Morgan fingerprint density at radius 3 is 2.53 bits per heavy atom. The van der Waals surface area contributed by atoms with E-state index in [0.717, 1.165) is 30.7 Å². The molecule has 1 aromatic rings. The molecule has 0 saturated carbocycles. The number of nitrogens with zero attached hydrogens (tertiary/aromatic N) is 1. The predicted molar refractivity (Wildman–Crippen MR) is 88.5 cm³/mol. The van der Waals surface area contributed by atoms with Crippen LogP contribution in [0.4, 0.5) is 0 Å². The molecule has 1 atom stereocenters. The molecule has 4 heteroatoms. The fourth-order valence-electron chi connectivity index (χ4n) is 2.68. The van der Waals surface area contributed by atoms with Crippen LogP contribution in [0.1, 0.15) is 31.9 Å². The predicted octanol–water partition coefficient (Wildman–Crippen LogP) is 4.20. The normalized spacial score (nSPS) is 18.8. The highest BCUT2D eigenvalue weighted by atomic mass is 79.9. The zero-order valence-electron chi connectivity index (χ0n) is 11.6. The Morgan fingerprint density at radius 1 is 1.21 bits per heavy atom. The van der Waals surface area contributed by atoms with Crippen molar-refractivity contribution in [3.63, 3.8) is 0 Å². The first-order valence-corrected chi connectivity index (χ1v) is 8.56. The molecule has 1 heterocycles. The van der Waals surface area contributed by atoms with Crippen LogP contribution < -0.4 is 5.32 Å². The number of hydrogen-bond donors (Lipinski definition) is 1. The van der Waals surface area contributed by atoms with Crippen molar-refractivity contribution in [1.29, 1.82) is 0 Å². The van der Waals surface area contributed by atoms with Gasteiger partial charge in [0.15, 0.2) is 0 Å². The van der Waals surface area contributed by atoms with Gasteiger partial charge in [-0.05, 0) is 36.1 Å². The van der Waals surface area contributed by atoms with E-state index in [-0.39, 0.29) is 0 Å². The summed E-state index contributed by atoms with van der Waals surface area (Å²) in [6, 6.07) is 7.01. The molecule has 1 aliphatic heterocycles. The molecular formula is C15H22Br2N2. The summed E-state index contributed by atoms with van der Waals surface area (Å²) in [5.74, 6) is 0.700. The number of rotatable bonds is 4. The summed E-state index contributed by atoms with van der Waals surface area (Å²) in [6.45, 7) is 9.08. The molecule has 19 heavy (non-hydrogen) atoms. The molecule has 1 aliphatic rings. The van der Waals surface area contributed by atoms with Crippen LogP contribution in [-0.4, -0.2) is 31.1 Å². The lowest BCUT2D eigenvalue weighted by Gasteiger charge is -2.36. The van der Waals surface area contributed by atoms with Gasteiger partial charge < -0.3 is 5.32 Å². The smallest absolute Gasteiger partial charge is 0.0363 e. The van der Waals surface area contributed by atoms with Crippen molar-refractivity contribution in [2.75, 3.05) is 26.2 Å². The first-order chi connectivity index (χ1) is 9.08. The molecule has 1 saturated heterocycles. The van der Waals surface area contributed by atoms with Gasteiger partial charge in [0, 0.05) is 41.2 Å². The minimum atomic E-state index is 0.508. The van der Waals surface area contributed by atoms with Crippen LogP contribution in [0.3, 0.4) is 0 Å². The molecule has 0 aliphatic carbocycles. The summed E-state index contributed by atoms with van der Waals surface area (Å²) in [7, 11) is 0. The van der Waals surface area contributed by atoms with Gasteiger partial charge in [0.1, 0.15) is 0 Å². The van der Waals surface area contributed by atoms with Crippen molar-refractivity contribution >= 4 is 31.9 Å². The molecule has 0 radical (unpaired) electrons. The van der Waals surface area contributed by atoms with E-state index in [9.17, 15) is 0 Å². The number of benzene rings is 1. The van der Waals surface area contributed by atoms with Crippen LogP contribution >= 0.6 is 31.9 Å². The fraction of sp³-hybridized carbons (Fsp3) is 0.600. The van der Waals surface area contributed by atoms with Gasteiger partial charge in [0.05, 0.1) is 0 Å². The molecule has 1 aromatic carbocycles. The standard InChI is InChI=1S/C15H22Br2N2/c1-11(2)9-15(19-7-5-18-6-8-19)13-10-12(16)3-4-14(13)17/h3-4,10-11,15,18H,5-9H2,1-2H3/t15-/m0/s1. The van der Waals surface area contributed by atoms with E-state index in [0.29, 0.717) is 12.0 Å². The Balaban J connectivity index is 2.27. The Hall–Kier alpha value is 0.1000. The first kappa shape index (κ1) is 15.5. The third-order valence-electron chi connectivity index (χ3n) is 3.60. The molecular weight excluding hydrogens is 368 g/mol. The summed E-state index contributed by atoms with van der Waals surface area (Å²) in [5.41, 5.74) is 1.41. The highest BCUT2D eigenvalue weighted by Gasteiger charge is 2.24. The fourth-order valence-corrected chi connectivity index (χ4v) is 3.57. The van der Waals surface area contributed by atoms with Crippen molar-refractivity contribution < 1.29 is 0 Å². The van der Waals surface area contributed by atoms with Crippen molar-refractivity contribution in [3.8, 4) is 0 Å². The maximum Gasteiger partial charge on any atom is 0.0363 e. The summed E-state index contributed by atoms with van der Waals surface area (Å²) in [5, 5.41) is 3.44. The van der Waals surface area contributed by atoms with E-state index >= 15 is 0 Å². The number of hydrogen-bond acceptors (Lipinski definition) is 2. The van der Waals surface area contributed by atoms with E-state index in [1.165, 1.54) is 16.5 Å². The number of halogens is 2. The minimum absolute atomic E-state index is 0.508. The molecule has 0 aromatic heterocycles. The van der Waals surface area contributed by atoms with Gasteiger partial charge in [-0.2, -0.15) is 0 Å².